The molecule has 0 spiro atoms. The van der Waals surface area contributed by atoms with Crippen LogP contribution in [0.3, 0.4) is 0 Å². The summed E-state index contributed by atoms with van der Waals surface area (Å²) in [7, 11) is 5.28. The summed E-state index contributed by atoms with van der Waals surface area (Å²) in [4.78, 5) is 9.25. The Morgan fingerprint density at radius 3 is 2.53 bits per heavy atom. The van der Waals surface area contributed by atoms with E-state index < -0.39 is 0 Å². The van der Waals surface area contributed by atoms with Crippen molar-refractivity contribution < 1.29 is 14.2 Å². The number of piperazine rings is 1. The Bertz CT molecular complexity index is 662. The summed E-state index contributed by atoms with van der Waals surface area (Å²) in [6.07, 6.45) is 3.71. The molecule has 2 fully saturated rings. The summed E-state index contributed by atoms with van der Waals surface area (Å²) in [5, 5.41) is 3.48. The minimum Gasteiger partial charge on any atom is -0.497 e. The van der Waals surface area contributed by atoms with Crippen LogP contribution in [0.1, 0.15) is 24.8 Å². The topological polar surface area (TPSA) is 58.6 Å². The van der Waals surface area contributed by atoms with E-state index >= 15 is 0 Å². The third-order valence-electron chi connectivity index (χ3n) is 5.56. The monoisotopic (exact) mass is 532 g/mol. The highest BCUT2D eigenvalue weighted by Gasteiger charge is 2.22. The Morgan fingerprint density at radius 1 is 1.13 bits per heavy atom. The summed E-state index contributed by atoms with van der Waals surface area (Å²) in [6.45, 7) is 7.44. The average Bonchev–Trinajstić information content (AvgIpc) is 3.58. The van der Waals surface area contributed by atoms with Gasteiger partial charge in [-0.25, -0.2) is 0 Å². The van der Waals surface area contributed by atoms with Crippen LogP contribution in [0.25, 0.3) is 0 Å². The number of methoxy groups -OCH3 is 2. The maximum absolute atomic E-state index is 5.71. The second-order valence-corrected chi connectivity index (χ2v) is 7.79. The molecule has 0 radical (unpaired) electrons. The molecule has 0 amide bonds. The first-order chi connectivity index (χ1) is 14.2. The van der Waals surface area contributed by atoms with Crippen molar-refractivity contribution in [2.24, 2.45) is 10.9 Å². The van der Waals surface area contributed by atoms with Gasteiger partial charge in [-0.05, 0) is 43.4 Å². The molecule has 0 bridgehead atoms. The van der Waals surface area contributed by atoms with Crippen molar-refractivity contribution in [3.63, 3.8) is 0 Å². The van der Waals surface area contributed by atoms with Crippen molar-refractivity contribution >= 4 is 29.9 Å². The van der Waals surface area contributed by atoms with Crippen LogP contribution in [0.15, 0.2) is 23.2 Å². The zero-order chi connectivity index (χ0) is 20.5. The fourth-order valence-electron chi connectivity index (χ4n) is 3.61. The second-order valence-electron chi connectivity index (χ2n) is 7.79. The Balaban J connectivity index is 0.00000320. The molecule has 1 aliphatic carbocycles. The average molecular weight is 532 g/mol. The van der Waals surface area contributed by atoms with Crippen molar-refractivity contribution in [2.45, 2.75) is 25.8 Å². The highest BCUT2D eigenvalue weighted by Crippen LogP contribution is 2.28. The molecule has 0 atom stereocenters. The van der Waals surface area contributed by atoms with Crippen molar-refractivity contribution in [3.05, 3.63) is 23.8 Å². The number of hydrogen-bond acceptors (Lipinski definition) is 5. The quantitative estimate of drug-likeness (QED) is 0.217. The number of aliphatic imine (C=N–C) groups is 1. The van der Waals surface area contributed by atoms with E-state index in [4.69, 9.17) is 14.2 Å². The van der Waals surface area contributed by atoms with Crippen LogP contribution < -0.4 is 14.8 Å². The van der Waals surface area contributed by atoms with Crippen LogP contribution in [0, 0.1) is 5.92 Å². The normalized spacial score (nSPS) is 17.4. The second kappa shape index (κ2) is 13.2. The SMILES string of the molecule is CN=C(NCCCOCC1CC1)N1CCN(Cc2cc(OC)ccc2OC)CC1.I. The largest absolute Gasteiger partial charge is 0.497 e. The first-order valence-electron chi connectivity index (χ1n) is 10.7. The lowest BCUT2D eigenvalue weighted by Crippen LogP contribution is -2.52. The van der Waals surface area contributed by atoms with Gasteiger partial charge in [0.15, 0.2) is 5.96 Å². The molecule has 7 nitrogen and oxygen atoms in total. The van der Waals surface area contributed by atoms with Crippen LogP contribution in [-0.2, 0) is 11.3 Å². The van der Waals surface area contributed by atoms with E-state index in [0.717, 1.165) is 87.8 Å². The number of nitrogens with zero attached hydrogens (tertiary/aromatic N) is 3. The molecule has 0 unspecified atom stereocenters. The zero-order valence-electron chi connectivity index (χ0n) is 18.6. The lowest BCUT2D eigenvalue weighted by molar-refractivity contribution is 0.122. The maximum atomic E-state index is 5.71. The van der Waals surface area contributed by atoms with Gasteiger partial charge >= 0.3 is 0 Å². The van der Waals surface area contributed by atoms with Crippen molar-refractivity contribution in [3.8, 4) is 11.5 Å². The first kappa shape index (κ1) is 25.0. The standard InChI is InChI=1S/C22H36N4O3.HI/c1-23-22(24-9-4-14-29-17-18-5-6-18)26-12-10-25(11-13-26)16-19-15-20(27-2)7-8-21(19)28-3;/h7-8,15,18H,4-6,9-14,16-17H2,1-3H3,(H,23,24);1H. The Hall–Kier alpha value is -1.26. The maximum Gasteiger partial charge on any atom is 0.193 e. The number of rotatable bonds is 10. The van der Waals surface area contributed by atoms with Gasteiger partial charge in [0.2, 0.25) is 0 Å². The summed E-state index contributed by atoms with van der Waals surface area (Å²) in [6, 6.07) is 5.98. The highest BCUT2D eigenvalue weighted by atomic mass is 127. The third kappa shape index (κ3) is 7.77. The van der Waals surface area contributed by atoms with Crippen LogP contribution in [0.4, 0.5) is 0 Å². The summed E-state index contributed by atoms with van der Waals surface area (Å²) >= 11 is 0. The number of hydrogen-bond donors (Lipinski definition) is 1. The number of nitrogens with one attached hydrogen (secondary N) is 1. The lowest BCUT2D eigenvalue weighted by Gasteiger charge is -2.36. The Labute approximate surface area is 198 Å². The van der Waals surface area contributed by atoms with Gasteiger partial charge in [-0.3, -0.25) is 9.89 Å². The van der Waals surface area contributed by atoms with Gasteiger partial charge in [0.05, 0.1) is 14.2 Å². The van der Waals surface area contributed by atoms with Gasteiger partial charge in [0, 0.05) is 65.1 Å². The van der Waals surface area contributed by atoms with Gasteiger partial charge in [0.25, 0.3) is 0 Å². The van der Waals surface area contributed by atoms with Crippen molar-refractivity contribution in [2.75, 3.05) is 67.2 Å². The molecule has 1 aliphatic heterocycles. The van der Waals surface area contributed by atoms with E-state index in [1.54, 1.807) is 14.2 Å². The zero-order valence-corrected chi connectivity index (χ0v) is 20.9. The fraction of sp³-hybridized carbons (Fsp3) is 0.682. The number of halogens is 1. The molecule has 1 saturated carbocycles. The Morgan fingerprint density at radius 2 is 1.90 bits per heavy atom. The summed E-state index contributed by atoms with van der Waals surface area (Å²) in [5.74, 6) is 3.61. The molecule has 1 N–H and O–H groups in total. The predicted octanol–water partition coefficient (Wildman–Crippen LogP) is 2.83. The van der Waals surface area contributed by atoms with Crippen LogP contribution in [-0.4, -0.2) is 83.0 Å². The van der Waals surface area contributed by atoms with Crippen LogP contribution >= 0.6 is 24.0 Å². The molecule has 0 aromatic heterocycles. The molecule has 30 heavy (non-hydrogen) atoms. The molecular formula is C22H37IN4O3. The van der Waals surface area contributed by atoms with Gasteiger partial charge in [-0.2, -0.15) is 0 Å². The van der Waals surface area contributed by atoms with Crippen molar-refractivity contribution in [1.82, 2.24) is 15.1 Å². The first-order valence-corrected chi connectivity index (χ1v) is 10.7. The molecule has 3 rings (SSSR count). The number of guanidine groups is 1. The molecule has 1 aromatic carbocycles. The Kier molecular flexibility index (Phi) is 11.0. The van der Waals surface area contributed by atoms with E-state index in [1.807, 2.05) is 19.2 Å². The summed E-state index contributed by atoms with van der Waals surface area (Å²) in [5.41, 5.74) is 1.16. The molecule has 1 heterocycles. The van der Waals surface area contributed by atoms with Gasteiger partial charge in [-0.1, -0.05) is 0 Å². The molecule has 1 saturated heterocycles. The van der Waals surface area contributed by atoms with E-state index in [2.05, 4.69) is 26.2 Å². The summed E-state index contributed by atoms with van der Waals surface area (Å²) < 4.78 is 16.6. The minimum atomic E-state index is 0. The van der Waals surface area contributed by atoms with E-state index in [9.17, 15) is 0 Å². The van der Waals surface area contributed by atoms with E-state index in [-0.39, 0.29) is 24.0 Å². The molecular weight excluding hydrogens is 495 g/mol. The molecule has 8 heteroatoms. The lowest BCUT2D eigenvalue weighted by atomic mass is 10.1. The number of ether oxygens (including phenoxy) is 3. The smallest absolute Gasteiger partial charge is 0.193 e. The third-order valence-corrected chi connectivity index (χ3v) is 5.56. The predicted molar refractivity (Wildman–Crippen MR) is 131 cm³/mol. The van der Waals surface area contributed by atoms with E-state index in [0.29, 0.717) is 0 Å². The molecule has 2 aliphatic rings. The van der Waals surface area contributed by atoms with Gasteiger partial charge in [0.1, 0.15) is 11.5 Å². The number of benzene rings is 1. The fourth-order valence-corrected chi connectivity index (χ4v) is 3.61. The van der Waals surface area contributed by atoms with Crippen LogP contribution in [0.2, 0.25) is 0 Å². The molecule has 170 valence electrons. The minimum absolute atomic E-state index is 0. The van der Waals surface area contributed by atoms with Gasteiger partial charge < -0.3 is 24.4 Å². The van der Waals surface area contributed by atoms with E-state index in [1.165, 1.54) is 12.8 Å². The highest BCUT2D eigenvalue weighted by molar-refractivity contribution is 14.0. The van der Waals surface area contributed by atoms with Gasteiger partial charge in [-0.15, -0.1) is 24.0 Å². The molecule has 1 aromatic rings. The van der Waals surface area contributed by atoms with Crippen molar-refractivity contribution in [1.29, 1.82) is 0 Å². The van der Waals surface area contributed by atoms with Crippen LogP contribution in [0.5, 0.6) is 11.5 Å².